The molecule has 0 spiro atoms. The van der Waals surface area contributed by atoms with Gasteiger partial charge in [0.15, 0.2) is 0 Å². The molecule has 2 rings (SSSR count). The number of carbonyl (C=O) groups excluding carboxylic acids is 1. The summed E-state index contributed by atoms with van der Waals surface area (Å²) >= 11 is 0. The molecule has 1 saturated carbocycles. The third kappa shape index (κ3) is 2.60. The fourth-order valence-electron chi connectivity index (χ4n) is 1.40. The molecule has 3 heteroatoms. The average Bonchev–Trinajstić information content (AvgIpc) is 3.00. The lowest BCUT2D eigenvalue weighted by atomic mass is 9.92. The normalized spacial score (nSPS) is 15.9. The monoisotopic (exact) mass is 219 g/mol. The van der Waals surface area contributed by atoms with Crippen LogP contribution in [0.2, 0.25) is 0 Å². The minimum Gasteiger partial charge on any atom is -0.425 e. The van der Waals surface area contributed by atoms with E-state index in [1.807, 2.05) is 12.1 Å². The van der Waals surface area contributed by atoms with Crippen LogP contribution in [0.4, 0.5) is 0 Å². The van der Waals surface area contributed by atoms with Crippen LogP contribution in [-0.2, 0) is 10.2 Å². The average molecular weight is 219 g/mol. The highest BCUT2D eigenvalue weighted by molar-refractivity contribution is 5.77. The predicted molar refractivity (Wildman–Crippen MR) is 61.3 cm³/mol. The van der Waals surface area contributed by atoms with Crippen LogP contribution in [0.15, 0.2) is 18.3 Å². The molecule has 16 heavy (non-hydrogen) atoms. The van der Waals surface area contributed by atoms with E-state index in [0.29, 0.717) is 5.75 Å². The van der Waals surface area contributed by atoms with Crippen molar-refractivity contribution in [3.8, 4) is 5.75 Å². The van der Waals surface area contributed by atoms with Crippen LogP contribution in [0.5, 0.6) is 5.75 Å². The third-order valence-electron chi connectivity index (χ3n) is 2.63. The van der Waals surface area contributed by atoms with E-state index in [1.165, 1.54) is 0 Å². The van der Waals surface area contributed by atoms with Gasteiger partial charge in [-0.1, -0.05) is 20.8 Å². The Hall–Kier alpha value is -1.38. The van der Waals surface area contributed by atoms with Crippen molar-refractivity contribution in [3.63, 3.8) is 0 Å². The standard InChI is InChI=1S/C13H17NO2/c1-13(2,3)11-7-6-10(8-14-11)16-12(15)9-4-5-9/h6-9H,4-5H2,1-3H3. The van der Waals surface area contributed by atoms with Crippen molar-refractivity contribution in [1.82, 2.24) is 4.98 Å². The minimum atomic E-state index is -0.120. The highest BCUT2D eigenvalue weighted by Gasteiger charge is 2.31. The van der Waals surface area contributed by atoms with Gasteiger partial charge in [0.05, 0.1) is 12.1 Å². The van der Waals surface area contributed by atoms with Crippen molar-refractivity contribution in [3.05, 3.63) is 24.0 Å². The number of pyridine rings is 1. The second-order valence-electron chi connectivity index (χ2n) is 5.32. The number of esters is 1. The van der Waals surface area contributed by atoms with E-state index in [-0.39, 0.29) is 17.3 Å². The largest absolute Gasteiger partial charge is 0.425 e. The molecule has 1 fully saturated rings. The van der Waals surface area contributed by atoms with Crippen LogP contribution in [-0.4, -0.2) is 11.0 Å². The van der Waals surface area contributed by atoms with Gasteiger partial charge >= 0.3 is 5.97 Å². The Balaban J connectivity index is 2.04. The zero-order chi connectivity index (χ0) is 11.8. The fraction of sp³-hybridized carbons (Fsp3) is 0.538. The van der Waals surface area contributed by atoms with E-state index < -0.39 is 0 Å². The Morgan fingerprint density at radius 2 is 2.06 bits per heavy atom. The van der Waals surface area contributed by atoms with Crippen molar-refractivity contribution < 1.29 is 9.53 Å². The molecule has 3 nitrogen and oxygen atoms in total. The zero-order valence-corrected chi connectivity index (χ0v) is 9.99. The van der Waals surface area contributed by atoms with E-state index in [1.54, 1.807) is 6.20 Å². The van der Waals surface area contributed by atoms with Crippen LogP contribution >= 0.6 is 0 Å². The Morgan fingerprint density at radius 1 is 1.38 bits per heavy atom. The molecule has 0 amide bonds. The Morgan fingerprint density at radius 3 is 2.50 bits per heavy atom. The molecule has 1 aromatic heterocycles. The molecular formula is C13H17NO2. The Labute approximate surface area is 95.8 Å². The first kappa shape index (κ1) is 11.1. The van der Waals surface area contributed by atoms with Crippen molar-refractivity contribution in [1.29, 1.82) is 0 Å². The van der Waals surface area contributed by atoms with Crippen LogP contribution in [0.25, 0.3) is 0 Å². The summed E-state index contributed by atoms with van der Waals surface area (Å²) in [5.41, 5.74) is 1.03. The van der Waals surface area contributed by atoms with Crippen LogP contribution in [0.3, 0.4) is 0 Å². The number of aromatic nitrogens is 1. The highest BCUT2D eigenvalue weighted by atomic mass is 16.5. The zero-order valence-electron chi connectivity index (χ0n) is 9.99. The molecule has 0 unspecified atom stereocenters. The Kier molecular flexibility index (Phi) is 2.70. The van der Waals surface area contributed by atoms with E-state index in [0.717, 1.165) is 18.5 Å². The van der Waals surface area contributed by atoms with Gasteiger partial charge in [0.25, 0.3) is 0 Å². The predicted octanol–water partition coefficient (Wildman–Crippen LogP) is 2.69. The number of hydrogen-bond donors (Lipinski definition) is 0. The summed E-state index contributed by atoms with van der Waals surface area (Å²) in [6.45, 7) is 6.31. The Bertz CT molecular complexity index is 385. The summed E-state index contributed by atoms with van der Waals surface area (Å²) in [6.07, 6.45) is 3.56. The lowest BCUT2D eigenvalue weighted by Crippen LogP contribution is -2.14. The first-order valence-electron chi connectivity index (χ1n) is 5.65. The maximum Gasteiger partial charge on any atom is 0.314 e. The molecule has 0 aromatic carbocycles. The van der Waals surface area contributed by atoms with Crippen LogP contribution < -0.4 is 4.74 Å². The molecule has 1 aliphatic rings. The van der Waals surface area contributed by atoms with Crippen LogP contribution in [0.1, 0.15) is 39.3 Å². The van der Waals surface area contributed by atoms with Gasteiger partial charge in [-0.05, 0) is 25.0 Å². The molecular weight excluding hydrogens is 202 g/mol. The minimum absolute atomic E-state index is 0.0268. The van der Waals surface area contributed by atoms with Crippen molar-refractivity contribution in [2.45, 2.75) is 39.0 Å². The third-order valence-corrected chi connectivity index (χ3v) is 2.63. The van der Waals surface area contributed by atoms with E-state index >= 15 is 0 Å². The van der Waals surface area contributed by atoms with E-state index in [9.17, 15) is 4.79 Å². The molecule has 86 valence electrons. The SMILES string of the molecule is CC(C)(C)c1ccc(OC(=O)C2CC2)cn1. The summed E-state index contributed by atoms with van der Waals surface area (Å²) in [7, 11) is 0. The van der Waals surface area contributed by atoms with Gasteiger partial charge in [-0.2, -0.15) is 0 Å². The van der Waals surface area contributed by atoms with Crippen molar-refractivity contribution in [2.24, 2.45) is 5.92 Å². The fourth-order valence-corrected chi connectivity index (χ4v) is 1.40. The lowest BCUT2D eigenvalue weighted by molar-refractivity contribution is -0.135. The number of carbonyl (C=O) groups is 1. The molecule has 0 aliphatic heterocycles. The summed E-state index contributed by atoms with van der Waals surface area (Å²) in [5.74, 6) is 0.553. The van der Waals surface area contributed by atoms with Gasteiger partial charge < -0.3 is 4.74 Å². The molecule has 0 atom stereocenters. The van der Waals surface area contributed by atoms with Crippen molar-refractivity contribution >= 4 is 5.97 Å². The quantitative estimate of drug-likeness (QED) is 0.718. The first-order chi connectivity index (χ1) is 7.47. The topological polar surface area (TPSA) is 39.2 Å². The van der Waals surface area contributed by atoms with Gasteiger partial charge in [-0.25, -0.2) is 0 Å². The molecule has 1 aromatic rings. The highest BCUT2D eigenvalue weighted by Crippen LogP contribution is 2.31. The second kappa shape index (κ2) is 3.89. The molecule has 1 aliphatic carbocycles. The van der Waals surface area contributed by atoms with E-state index in [4.69, 9.17) is 4.74 Å². The van der Waals surface area contributed by atoms with Crippen LogP contribution in [0, 0.1) is 5.92 Å². The lowest BCUT2D eigenvalue weighted by Gasteiger charge is -2.17. The summed E-state index contributed by atoms with van der Waals surface area (Å²) in [6, 6.07) is 3.73. The van der Waals surface area contributed by atoms with Gasteiger partial charge in [-0.3, -0.25) is 9.78 Å². The maximum absolute atomic E-state index is 11.4. The van der Waals surface area contributed by atoms with Gasteiger partial charge in [0.2, 0.25) is 0 Å². The summed E-state index contributed by atoms with van der Waals surface area (Å²) in [5, 5.41) is 0. The molecule has 0 saturated heterocycles. The second-order valence-corrected chi connectivity index (χ2v) is 5.32. The molecule has 1 heterocycles. The number of rotatable bonds is 2. The number of nitrogens with zero attached hydrogens (tertiary/aromatic N) is 1. The number of ether oxygens (including phenoxy) is 1. The maximum atomic E-state index is 11.4. The van der Waals surface area contributed by atoms with Crippen molar-refractivity contribution in [2.75, 3.05) is 0 Å². The molecule has 0 radical (unpaired) electrons. The van der Waals surface area contributed by atoms with Gasteiger partial charge in [-0.15, -0.1) is 0 Å². The summed E-state index contributed by atoms with van der Waals surface area (Å²) in [4.78, 5) is 15.7. The summed E-state index contributed by atoms with van der Waals surface area (Å²) < 4.78 is 5.20. The van der Waals surface area contributed by atoms with Gasteiger partial charge in [0.1, 0.15) is 5.75 Å². The van der Waals surface area contributed by atoms with Gasteiger partial charge in [0, 0.05) is 11.1 Å². The van der Waals surface area contributed by atoms with E-state index in [2.05, 4.69) is 25.8 Å². The molecule has 0 bridgehead atoms. The first-order valence-corrected chi connectivity index (χ1v) is 5.65. The molecule has 0 N–H and O–H groups in total. The number of hydrogen-bond acceptors (Lipinski definition) is 3. The smallest absolute Gasteiger partial charge is 0.314 e.